The average Bonchev–Trinajstić information content (AvgIpc) is 3.27. The van der Waals surface area contributed by atoms with Crippen LogP contribution in [0, 0.1) is 0 Å². The van der Waals surface area contributed by atoms with Gasteiger partial charge in [0.2, 0.25) is 0 Å². The van der Waals surface area contributed by atoms with Crippen molar-refractivity contribution in [3.8, 4) is 11.3 Å². The topological polar surface area (TPSA) is 63.8 Å². The van der Waals surface area contributed by atoms with Crippen LogP contribution in [0.3, 0.4) is 0 Å². The molecule has 0 spiro atoms. The predicted molar refractivity (Wildman–Crippen MR) is 110 cm³/mol. The van der Waals surface area contributed by atoms with Gasteiger partial charge in [0.25, 0.3) is 0 Å². The number of anilines is 1. The molecule has 0 saturated heterocycles. The number of hydrogen-bond donors (Lipinski definition) is 1. The zero-order chi connectivity index (χ0) is 19.0. The third-order valence-corrected chi connectivity index (χ3v) is 5.53. The molecule has 27 heavy (non-hydrogen) atoms. The maximum Gasteiger partial charge on any atom is 0.156 e. The van der Waals surface area contributed by atoms with Crippen LogP contribution >= 0.6 is 22.9 Å². The van der Waals surface area contributed by atoms with Crippen LogP contribution in [-0.2, 0) is 12.0 Å². The molecule has 1 aromatic carbocycles. The number of halogens is 1. The molecular weight excluding hydrogens is 380 g/mol. The molecule has 4 aromatic rings. The molecule has 7 heteroatoms. The van der Waals surface area contributed by atoms with Crippen LogP contribution in [0.5, 0.6) is 0 Å². The van der Waals surface area contributed by atoms with Crippen molar-refractivity contribution in [2.75, 3.05) is 5.32 Å². The van der Waals surface area contributed by atoms with Gasteiger partial charge in [-0.15, -0.1) is 11.3 Å². The second-order valence-corrected chi connectivity index (χ2v) is 8.58. The molecule has 0 unspecified atom stereocenters. The van der Waals surface area contributed by atoms with E-state index in [1.807, 2.05) is 30.3 Å². The molecule has 0 atom stereocenters. The number of fused-ring (bicyclic) bond motifs is 1. The quantitative estimate of drug-likeness (QED) is 0.463. The third kappa shape index (κ3) is 3.55. The van der Waals surface area contributed by atoms with Crippen molar-refractivity contribution < 1.29 is 4.52 Å². The Balaban J connectivity index is 1.60. The molecule has 138 valence electrons. The summed E-state index contributed by atoms with van der Waals surface area (Å²) in [5.74, 6) is 1.52. The van der Waals surface area contributed by atoms with E-state index in [9.17, 15) is 0 Å². The lowest BCUT2D eigenvalue weighted by molar-refractivity contribution is 0.390. The molecule has 1 N–H and O–H groups in total. The van der Waals surface area contributed by atoms with Crippen molar-refractivity contribution in [1.29, 1.82) is 0 Å². The highest BCUT2D eigenvalue weighted by molar-refractivity contribution is 7.17. The molecule has 3 aromatic heterocycles. The van der Waals surface area contributed by atoms with Gasteiger partial charge in [0.1, 0.15) is 22.7 Å². The molecule has 5 nitrogen and oxygen atoms in total. The Hall–Kier alpha value is -2.44. The highest BCUT2D eigenvalue weighted by atomic mass is 35.5. The first kappa shape index (κ1) is 17.9. The summed E-state index contributed by atoms with van der Waals surface area (Å²) in [6.07, 6.45) is 1.59. The number of rotatable bonds is 4. The lowest BCUT2D eigenvalue weighted by Gasteiger charge is -2.18. The van der Waals surface area contributed by atoms with Gasteiger partial charge in [-0.1, -0.05) is 55.7 Å². The van der Waals surface area contributed by atoms with E-state index in [2.05, 4.69) is 46.6 Å². The zero-order valence-electron chi connectivity index (χ0n) is 15.3. The Bertz CT molecular complexity index is 1100. The number of nitrogens with one attached hydrogen (secondary N) is 1. The van der Waals surface area contributed by atoms with Crippen LogP contribution in [0.25, 0.3) is 21.5 Å². The summed E-state index contributed by atoms with van der Waals surface area (Å²) in [6, 6.07) is 9.47. The van der Waals surface area contributed by atoms with Crippen molar-refractivity contribution in [2.24, 2.45) is 0 Å². The second-order valence-electron chi connectivity index (χ2n) is 7.31. The molecule has 3 heterocycles. The Morgan fingerprint density at radius 2 is 2.00 bits per heavy atom. The monoisotopic (exact) mass is 398 g/mol. The molecule has 0 amide bonds. The third-order valence-electron chi connectivity index (χ3n) is 4.32. The molecule has 0 aliphatic carbocycles. The normalized spacial score (nSPS) is 11.9. The van der Waals surface area contributed by atoms with Gasteiger partial charge in [-0.05, 0) is 22.4 Å². The largest absolute Gasteiger partial charge is 0.362 e. The van der Waals surface area contributed by atoms with Crippen LogP contribution in [0.4, 0.5) is 5.82 Å². The maximum atomic E-state index is 6.24. The van der Waals surface area contributed by atoms with E-state index >= 15 is 0 Å². The van der Waals surface area contributed by atoms with Crippen LogP contribution in [-0.4, -0.2) is 15.1 Å². The lowest BCUT2D eigenvalue weighted by atomic mass is 9.87. The minimum atomic E-state index is 0.0167. The van der Waals surface area contributed by atoms with Crippen molar-refractivity contribution in [3.63, 3.8) is 0 Å². The van der Waals surface area contributed by atoms with Crippen molar-refractivity contribution in [1.82, 2.24) is 15.1 Å². The van der Waals surface area contributed by atoms with Crippen molar-refractivity contribution in [3.05, 3.63) is 58.4 Å². The van der Waals surface area contributed by atoms with Crippen LogP contribution < -0.4 is 5.32 Å². The molecule has 4 rings (SSSR count). The predicted octanol–water partition coefficient (Wildman–Crippen LogP) is 5.91. The first-order valence-corrected chi connectivity index (χ1v) is 9.86. The van der Waals surface area contributed by atoms with Gasteiger partial charge in [0.05, 0.1) is 17.0 Å². The van der Waals surface area contributed by atoms with Gasteiger partial charge >= 0.3 is 0 Å². The van der Waals surface area contributed by atoms with Gasteiger partial charge in [-0.25, -0.2) is 9.97 Å². The first-order valence-electron chi connectivity index (χ1n) is 8.60. The number of aromatic nitrogens is 3. The van der Waals surface area contributed by atoms with Gasteiger partial charge < -0.3 is 9.84 Å². The standard InChI is InChI=1S/C20H19ClN4OS/c1-20(2,3)14-10-27-19-17(14)18(23-11-24-19)22-9-12-8-16(25-26-12)13-6-4-5-7-15(13)21/h4-8,10-11H,9H2,1-3H3,(H,22,23,24). The molecule has 0 radical (unpaired) electrons. The van der Waals surface area contributed by atoms with Crippen LogP contribution in [0.15, 0.2) is 46.6 Å². The van der Waals surface area contributed by atoms with E-state index in [0.29, 0.717) is 17.3 Å². The summed E-state index contributed by atoms with van der Waals surface area (Å²) in [4.78, 5) is 9.83. The number of thiophene rings is 1. The molecule has 0 aliphatic rings. The van der Waals surface area contributed by atoms with E-state index in [-0.39, 0.29) is 5.41 Å². The zero-order valence-corrected chi connectivity index (χ0v) is 16.9. The fraction of sp³-hybridized carbons (Fsp3) is 0.250. The average molecular weight is 399 g/mol. The Morgan fingerprint density at radius 3 is 2.78 bits per heavy atom. The Morgan fingerprint density at radius 1 is 1.19 bits per heavy atom. The van der Waals surface area contributed by atoms with E-state index < -0.39 is 0 Å². The minimum Gasteiger partial charge on any atom is -0.362 e. The summed E-state index contributed by atoms with van der Waals surface area (Å²) >= 11 is 7.88. The summed E-state index contributed by atoms with van der Waals surface area (Å²) in [5.41, 5.74) is 2.82. The molecule has 0 bridgehead atoms. The minimum absolute atomic E-state index is 0.0167. The smallest absolute Gasteiger partial charge is 0.156 e. The highest BCUT2D eigenvalue weighted by Gasteiger charge is 2.22. The van der Waals surface area contributed by atoms with E-state index in [1.165, 1.54) is 5.56 Å². The number of benzene rings is 1. The molecular formula is C20H19ClN4OS. The summed E-state index contributed by atoms with van der Waals surface area (Å²) in [6.45, 7) is 7.05. The van der Waals surface area contributed by atoms with Crippen LogP contribution in [0.2, 0.25) is 5.02 Å². The fourth-order valence-electron chi connectivity index (χ4n) is 2.92. The summed E-state index contributed by atoms with van der Waals surface area (Å²) < 4.78 is 5.47. The van der Waals surface area contributed by atoms with E-state index in [0.717, 1.165) is 27.3 Å². The van der Waals surface area contributed by atoms with Crippen LogP contribution in [0.1, 0.15) is 32.1 Å². The van der Waals surface area contributed by atoms with Gasteiger partial charge in [0, 0.05) is 11.6 Å². The maximum absolute atomic E-state index is 6.24. The van der Waals surface area contributed by atoms with E-state index in [1.54, 1.807) is 17.7 Å². The molecule has 0 fully saturated rings. The van der Waals surface area contributed by atoms with Gasteiger partial charge in [0.15, 0.2) is 5.76 Å². The molecule has 0 aliphatic heterocycles. The molecule has 0 saturated carbocycles. The Kier molecular flexibility index (Phi) is 4.61. The summed E-state index contributed by atoms with van der Waals surface area (Å²) in [5, 5.41) is 11.4. The highest BCUT2D eigenvalue weighted by Crippen LogP contribution is 2.37. The van der Waals surface area contributed by atoms with Crippen molar-refractivity contribution in [2.45, 2.75) is 32.7 Å². The SMILES string of the molecule is CC(C)(C)c1csc2ncnc(NCc3cc(-c4ccccc4Cl)no3)c12. The first-order chi connectivity index (χ1) is 12.9. The van der Waals surface area contributed by atoms with E-state index in [4.69, 9.17) is 16.1 Å². The second kappa shape index (κ2) is 6.94. The number of nitrogens with zero attached hydrogens (tertiary/aromatic N) is 3. The fourth-order valence-corrected chi connectivity index (χ4v) is 4.29. The van der Waals surface area contributed by atoms with Gasteiger partial charge in [-0.2, -0.15) is 0 Å². The lowest BCUT2D eigenvalue weighted by Crippen LogP contribution is -2.11. The van der Waals surface area contributed by atoms with Crippen molar-refractivity contribution >= 4 is 39.0 Å². The Labute approximate surface area is 166 Å². The summed E-state index contributed by atoms with van der Waals surface area (Å²) in [7, 11) is 0. The van der Waals surface area contributed by atoms with Gasteiger partial charge in [-0.3, -0.25) is 0 Å². The number of hydrogen-bond acceptors (Lipinski definition) is 6.